The van der Waals surface area contributed by atoms with Crippen LogP contribution >= 0.6 is 0 Å². The molecule has 2 aromatic rings. The summed E-state index contributed by atoms with van der Waals surface area (Å²) in [5, 5.41) is 7.53. The number of ether oxygens (including phenoxy) is 1. The summed E-state index contributed by atoms with van der Waals surface area (Å²) >= 11 is 0. The van der Waals surface area contributed by atoms with Gasteiger partial charge in [-0.05, 0) is 62.4 Å². The number of hydrogen-bond donors (Lipinski definition) is 1. The Kier molecular flexibility index (Phi) is 8.19. The minimum Gasteiger partial charge on any atom is -0.463 e. The number of esters is 1. The normalized spacial score (nSPS) is 11.2. The predicted molar refractivity (Wildman–Crippen MR) is 116 cm³/mol. The first-order valence-electron chi connectivity index (χ1n) is 10.1. The molecule has 0 saturated carbocycles. The fraction of sp³-hybridized carbons (Fsp3) is 0.435. The lowest BCUT2D eigenvalue weighted by Crippen LogP contribution is -2.13. The van der Waals surface area contributed by atoms with Crippen molar-refractivity contribution in [2.75, 3.05) is 11.9 Å². The van der Waals surface area contributed by atoms with Crippen LogP contribution in [0.2, 0.25) is 0 Å². The Hall–Kier alpha value is -2.89. The first-order valence-corrected chi connectivity index (χ1v) is 10.1. The van der Waals surface area contributed by atoms with Gasteiger partial charge in [-0.3, -0.25) is 9.48 Å². The number of carbonyl (C=O) groups is 2. The van der Waals surface area contributed by atoms with E-state index in [0.29, 0.717) is 25.4 Å². The first kappa shape index (κ1) is 22.4. The Balaban J connectivity index is 1.90. The third-order valence-corrected chi connectivity index (χ3v) is 4.56. The number of aryl methyl sites for hydroxylation is 1. The van der Waals surface area contributed by atoms with E-state index in [1.54, 1.807) is 13.0 Å². The van der Waals surface area contributed by atoms with Crippen molar-refractivity contribution in [2.24, 2.45) is 5.92 Å². The highest BCUT2D eigenvalue weighted by molar-refractivity contribution is 5.91. The van der Waals surface area contributed by atoms with E-state index in [9.17, 15) is 9.59 Å². The smallest absolute Gasteiger partial charge is 0.330 e. The van der Waals surface area contributed by atoms with Gasteiger partial charge in [-0.25, -0.2) is 4.79 Å². The molecule has 1 aromatic carbocycles. The van der Waals surface area contributed by atoms with Crippen LogP contribution in [0.15, 0.2) is 30.3 Å². The number of nitrogens with one attached hydrogen (secondary N) is 1. The van der Waals surface area contributed by atoms with Crippen LogP contribution in [0.5, 0.6) is 0 Å². The number of amides is 1. The second kappa shape index (κ2) is 10.6. The van der Waals surface area contributed by atoms with Crippen LogP contribution in [0.25, 0.3) is 6.08 Å². The summed E-state index contributed by atoms with van der Waals surface area (Å²) in [5.74, 6) is 0.127. The Labute approximate surface area is 173 Å². The maximum absolute atomic E-state index is 12.4. The third-order valence-electron chi connectivity index (χ3n) is 4.56. The molecular weight excluding hydrogens is 366 g/mol. The quantitative estimate of drug-likeness (QED) is 0.506. The highest BCUT2D eigenvalue weighted by Crippen LogP contribution is 2.17. The number of nitrogens with zero attached hydrogens (tertiary/aromatic N) is 2. The fourth-order valence-corrected chi connectivity index (χ4v) is 3.11. The number of rotatable bonds is 9. The zero-order valence-electron chi connectivity index (χ0n) is 18.0. The van der Waals surface area contributed by atoms with Crippen molar-refractivity contribution in [3.8, 4) is 0 Å². The topological polar surface area (TPSA) is 73.2 Å². The molecule has 1 heterocycles. The van der Waals surface area contributed by atoms with Crippen molar-refractivity contribution in [1.82, 2.24) is 9.78 Å². The van der Waals surface area contributed by atoms with E-state index >= 15 is 0 Å². The fourth-order valence-electron chi connectivity index (χ4n) is 3.11. The molecule has 1 N–H and O–H groups in total. The summed E-state index contributed by atoms with van der Waals surface area (Å²) < 4.78 is 6.89. The van der Waals surface area contributed by atoms with E-state index in [2.05, 4.69) is 31.2 Å². The molecule has 0 aliphatic heterocycles. The van der Waals surface area contributed by atoms with Gasteiger partial charge in [-0.2, -0.15) is 5.10 Å². The van der Waals surface area contributed by atoms with Crippen LogP contribution in [0.1, 0.15) is 49.7 Å². The Morgan fingerprint density at radius 1 is 1.21 bits per heavy atom. The average Bonchev–Trinajstić information content (AvgIpc) is 2.92. The molecule has 0 spiro atoms. The standard InChI is InChI=1S/C23H31N3O3/c1-6-29-23(28)14-9-19-7-10-20(11-8-19)24-22(27)13-12-21-17(4)25-26(18(21)5)15-16(2)3/h7-11,14,16H,6,12-13,15H2,1-5H3,(H,24,27)/b14-9+. The van der Waals surface area contributed by atoms with Crippen LogP contribution < -0.4 is 5.32 Å². The molecule has 0 saturated heterocycles. The van der Waals surface area contributed by atoms with E-state index in [-0.39, 0.29) is 11.9 Å². The monoisotopic (exact) mass is 397 g/mol. The lowest BCUT2D eigenvalue weighted by molar-refractivity contribution is -0.137. The Morgan fingerprint density at radius 3 is 2.52 bits per heavy atom. The van der Waals surface area contributed by atoms with Crippen molar-refractivity contribution in [1.29, 1.82) is 0 Å². The van der Waals surface area contributed by atoms with Crippen molar-refractivity contribution >= 4 is 23.6 Å². The summed E-state index contributed by atoms with van der Waals surface area (Å²) in [5.41, 5.74) is 4.88. The van der Waals surface area contributed by atoms with Crippen LogP contribution in [0.3, 0.4) is 0 Å². The number of benzene rings is 1. The molecule has 156 valence electrons. The van der Waals surface area contributed by atoms with Crippen LogP contribution in [-0.4, -0.2) is 28.3 Å². The molecule has 1 aromatic heterocycles. The Bertz CT molecular complexity index is 864. The zero-order valence-corrected chi connectivity index (χ0v) is 18.0. The van der Waals surface area contributed by atoms with Gasteiger partial charge in [-0.1, -0.05) is 26.0 Å². The molecule has 6 heteroatoms. The van der Waals surface area contributed by atoms with Crippen molar-refractivity contribution in [2.45, 2.75) is 54.0 Å². The molecule has 0 radical (unpaired) electrons. The van der Waals surface area contributed by atoms with Gasteiger partial charge in [0.05, 0.1) is 12.3 Å². The predicted octanol–water partition coefficient (Wildman–Crippen LogP) is 4.30. The van der Waals surface area contributed by atoms with E-state index in [0.717, 1.165) is 34.7 Å². The molecule has 0 aliphatic carbocycles. The Morgan fingerprint density at radius 2 is 1.90 bits per heavy atom. The lowest BCUT2D eigenvalue weighted by Gasteiger charge is -2.08. The van der Waals surface area contributed by atoms with E-state index in [1.807, 2.05) is 35.9 Å². The molecule has 0 unspecified atom stereocenters. The van der Waals surface area contributed by atoms with Gasteiger partial charge in [0.15, 0.2) is 0 Å². The maximum atomic E-state index is 12.4. The summed E-state index contributed by atoms with van der Waals surface area (Å²) in [4.78, 5) is 23.7. The molecule has 0 aliphatic rings. The zero-order chi connectivity index (χ0) is 21.4. The van der Waals surface area contributed by atoms with Gasteiger partial charge < -0.3 is 10.1 Å². The van der Waals surface area contributed by atoms with Crippen molar-refractivity contribution < 1.29 is 14.3 Å². The molecule has 1 amide bonds. The van der Waals surface area contributed by atoms with Crippen molar-refractivity contribution in [3.05, 3.63) is 52.9 Å². The molecule has 2 rings (SSSR count). The summed E-state index contributed by atoms with van der Waals surface area (Å²) in [7, 11) is 0. The highest BCUT2D eigenvalue weighted by Gasteiger charge is 2.14. The molecule has 0 fully saturated rings. The van der Waals surface area contributed by atoms with Crippen molar-refractivity contribution in [3.63, 3.8) is 0 Å². The van der Waals surface area contributed by atoms with Gasteiger partial charge in [0.1, 0.15) is 0 Å². The summed E-state index contributed by atoms with van der Waals surface area (Å²) in [6, 6.07) is 7.32. The number of carbonyl (C=O) groups excluding carboxylic acids is 2. The molecule has 29 heavy (non-hydrogen) atoms. The molecule has 0 atom stereocenters. The van der Waals surface area contributed by atoms with E-state index < -0.39 is 0 Å². The van der Waals surface area contributed by atoms with Gasteiger partial charge >= 0.3 is 5.97 Å². The second-order valence-corrected chi connectivity index (χ2v) is 7.48. The highest BCUT2D eigenvalue weighted by atomic mass is 16.5. The van der Waals surface area contributed by atoms with Crippen LogP contribution in [0.4, 0.5) is 5.69 Å². The average molecular weight is 398 g/mol. The van der Waals surface area contributed by atoms with E-state index in [4.69, 9.17) is 4.74 Å². The molecular formula is C23H31N3O3. The third kappa shape index (κ3) is 6.89. The summed E-state index contributed by atoms with van der Waals surface area (Å²) in [6.07, 6.45) is 4.15. The van der Waals surface area contributed by atoms with E-state index in [1.165, 1.54) is 6.08 Å². The molecule has 0 bridgehead atoms. The first-order chi connectivity index (χ1) is 13.8. The maximum Gasteiger partial charge on any atom is 0.330 e. The van der Waals surface area contributed by atoms with Gasteiger partial charge in [0, 0.05) is 30.4 Å². The summed E-state index contributed by atoms with van der Waals surface area (Å²) in [6.45, 7) is 11.4. The van der Waals surface area contributed by atoms with Gasteiger partial charge in [0.2, 0.25) is 5.91 Å². The lowest BCUT2D eigenvalue weighted by atomic mass is 10.1. The number of aromatic nitrogens is 2. The number of hydrogen-bond acceptors (Lipinski definition) is 4. The van der Waals surface area contributed by atoms with Gasteiger partial charge in [0.25, 0.3) is 0 Å². The minimum atomic E-state index is -0.368. The van der Waals surface area contributed by atoms with Gasteiger partial charge in [-0.15, -0.1) is 0 Å². The molecule has 6 nitrogen and oxygen atoms in total. The van der Waals surface area contributed by atoms with Crippen LogP contribution in [-0.2, 0) is 27.3 Å². The van der Waals surface area contributed by atoms with Crippen LogP contribution in [0, 0.1) is 19.8 Å². The second-order valence-electron chi connectivity index (χ2n) is 7.48. The number of anilines is 1. The largest absolute Gasteiger partial charge is 0.463 e. The minimum absolute atomic E-state index is 0.0322. The SMILES string of the molecule is CCOC(=O)/C=C/c1ccc(NC(=O)CCc2c(C)nn(CC(C)C)c2C)cc1.